The van der Waals surface area contributed by atoms with Crippen LogP contribution in [0.25, 0.3) is 0 Å². The number of anilines is 1. The normalized spacial score (nSPS) is 27.6. The quantitative estimate of drug-likeness (QED) is 0.380. The van der Waals surface area contributed by atoms with Gasteiger partial charge in [0, 0.05) is 25.7 Å². The highest BCUT2D eigenvalue weighted by molar-refractivity contribution is 8.01. The van der Waals surface area contributed by atoms with E-state index in [9.17, 15) is 9.18 Å². The second-order valence-electron chi connectivity index (χ2n) is 9.83. The van der Waals surface area contributed by atoms with Crippen molar-refractivity contribution in [3.8, 4) is 0 Å². The molecule has 33 heavy (non-hydrogen) atoms. The van der Waals surface area contributed by atoms with Crippen LogP contribution in [-0.2, 0) is 16.1 Å². The summed E-state index contributed by atoms with van der Waals surface area (Å²) in [5, 5.41) is 12.3. The first-order chi connectivity index (χ1) is 16.0. The van der Waals surface area contributed by atoms with E-state index in [0.717, 1.165) is 52.1 Å². The summed E-state index contributed by atoms with van der Waals surface area (Å²) in [5.74, 6) is 2.49. The number of aromatic nitrogens is 2. The molecule has 0 atom stereocenters. The third-order valence-corrected chi connectivity index (χ3v) is 9.44. The van der Waals surface area contributed by atoms with Gasteiger partial charge < -0.3 is 15.0 Å². The van der Waals surface area contributed by atoms with Crippen LogP contribution in [0.2, 0.25) is 0 Å². The Labute approximate surface area is 202 Å². The molecule has 1 heterocycles. The van der Waals surface area contributed by atoms with Gasteiger partial charge in [0.05, 0.1) is 12.4 Å². The van der Waals surface area contributed by atoms with Crippen LogP contribution >= 0.6 is 23.1 Å². The van der Waals surface area contributed by atoms with Crippen molar-refractivity contribution in [1.29, 1.82) is 0 Å². The van der Waals surface area contributed by atoms with Crippen molar-refractivity contribution in [2.45, 2.75) is 54.9 Å². The van der Waals surface area contributed by atoms with Crippen LogP contribution in [-0.4, -0.2) is 52.6 Å². The number of ether oxygens (including phenoxy) is 1. The van der Waals surface area contributed by atoms with Gasteiger partial charge >= 0.3 is 0 Å². The van der Waals surface area contributed by atoms with E-state index in [2.05, 4.69) is 20.4 Å². The molecule has 0 spiro atoms. The number of rotatable bonds is 10. The lowest BCUT2D eigenvalue weighted by Crippen LogP contribution is -2.61. The number of nitrogens with zero attached hydrogens (tertiary/aromatic N) is 3. The number of benzene rings is 1. The standard InChI is InChI=1S/C24H31FN4O2S2/c1-31-7-6-26-22-27-28-23(33-22)32-15-21(30)29(14-16-2-4-20(25)5-3-16)24-11-17-8-18(12-24)10-19(9-17)13-24/h2-5,17-19H,6-15H2,1H3,(H,26,27). The molecule has 1 amide bonds. The van der Waals surface area contributed by atoms with Gasteiger partial charge in [-0.1, -0.05) is 35.2 Å². The zero-order chi connectivity index (χ0) is 22.8. The maximum absolute atomic E-state index is 13.7. The van der Waals surface area contributed by atoms with E-state index in [4.69, 9.17) is 4.74 Å². The first-order valence-electron chi connectivity index (χ1n) is 11.8. The van der Waals surface area contributed by atoms with Crippen molar-refractivity contribution in [2.75, 3.05) is 31.3 Å². The minimum absolute atomic E-state index is 0.0468. The molecule has 4 fully saturated rings. The topological polar surface area (TPSA) is 67.3 Å². The average Bonchev–Trinajstić information content (AvgIpc) is 3.24. The molecule has 4 saturated carbocycles. The molecule has 0 unspecified atom stereocenters. The smallest absolute Gasteiger partial charge is 0.233 e. The maximum atomic E-state index is 13.7. The largest absolute Gasteiger partial charge is 0.383 e. The van der Waals surface area contributed by atoms with E-state index < -0.39 is 0 Å². The van der Waals surface area contributed by atoms with Crippen LogP contribution in [0.15, 0.2) is 28.6 Å². The van der Waals surface area contributed by atoms with Gasteiger partial charge in [-0.3, -0.25) is 4.79 Å². The number of nitrogens with one attached hydrogen (secondary N) is 1. The molecule has 4 aliphatic carbocycles. The zero-order valence-corrected chi connectivity index (χ0v) is 20.6. The molecule has 1 aromatic heterocycles. The lowest BCUT2D eigenvalue weighted by molar-refractivity contribution is -0.149. The van der Waals surface area contributed by atoms with Crippen LogP contribution in [0, 0.1) is 23.6 Å². The van der Waals surface area contributed by atoms with Gasteiger partial charge in [0.1, 0.15) is 5.82 Å². The molecular weight excluding hydrogens is 459 g/mol. The fourth-order valence-electron chi connectivity index (χ4n) is 6.49. The summed E-state index contributed by atoms with van der Waals surface area (Å²) >= 11 is 2.92. The molecule has 2 aromatic rings. The number of halogens is 1. The lowest BCUT2D eigenvalue weighted by atomic mass is 9.52. The fourth-order valence-corrected chi connectivity index (χ4v) is 8.14. The van der Waals surface area contributed by atoms with Gasteiger partial charge in [0.15, 0.2) is 4.34 Å². The number of hydrogen-bond donors (Lipinski definition) is 1. The Morgan fingerprint density at radius 2 is 1.85 bits per heavy atom. The number of amides is 1. The van der Waals surface area contributed by atoms with Crippen molar-refractivity contribution in [1.82, 2.24) is 15.1 Å². The SMILES string of the molecule is COCCNc1nnc(SCC(=O)N(Cc2ccc(F)cc2)C23CC4CC(CC(C4)C2)C3)s1. The van der Waals surface area contributed by atoms with E-state index in [-0.39, 0.29) is 17.3 Å². The van der Waals surface area contributed by atoms with E-state index >= 15 is 0 Å². The molecular formula is C24H31FN4O2S2. The van der Waals surface area contributed by atoms with E-state index in [1.54, 1.807) is 7.11 Å². The predicted molar refractivity (Wildman–Crippen MR) is 129 cm³/mol. The molecule has 0 aliphatic heterocycles. The summed E-state index contributed by atoms with van der Waals surface area (Å²) in [4.78, 5) is 15.8. The summed E-state index contributed by atoms with van der Waals surface area (Å²) in [7, 11) is 1.66. The molecule has 9 heteroatoms. The monoisotopic (exact) mass is 490 g/mol. The highest BCUT2D eigenvalue weighted by Gasteiger charge is 2.54. The number of methoxy groups -OCH3 is 1. The van der Waals surface area contributed by atoms with Crippen molar-refractivity contribution in [2.24, 2.45) is 17.8 Å². The van der Waals surface area contributed by atoms with Crippen LogP contribution in [0.1, 0.15) is 44.1 Å². The summed E-state index contributed by atoms with van der Waals surface area (Å²) < 4.78 is 19.3. The number of thioether (sulfide) groups is 1. The summed E-state index contributed by atoms with van der Waals surface area (Å²) in [6, 6.07) is 6.61. The van der Waals surface area contributed by atoms with Gasteiger partial charge in [-0.05, 0) is 74.0 Å². The van der Waals surface area contributed by atoms with Gasteiger partial charge in [-0.25, -0.2) is 4.39 Å². The molecule has 6 nitrogen and oxygen atoms in total. The third kappa shape index (κ3) is 5.20. The molecule has 178 valence electrons. The zero-order valence-electron chi connectivity index (χ0n) is 19.0. The van der Waals surface area contributed by atoms with Crippen LogP contribution in [0.4, 0.5) is 9.52 Å². The van der Waals surface area contributed by atoms with Gasteiger partial charge in [-0.15, -0.1) is 10.2 Å². The number of hydrogen-bond acceptors (Lipinski definition) is 7. The Hall–Kier alpha value is -1.71. The van der Waals surface area contributed by atoms with Crippen LogP contribution in [0.3, 0.4) is 0 Å². The second kappa shape index (κ2) is 9.88. The molecule has 1 aromatic carbocycles. The predicted octanol–water partition coefficient (Wildman–Crippen LogP) is 4.83. The van der Waals surface area contributed by atoms with Gasteiger partial charge in [0.2, 0.25) is 11.0 Å². The Morgan fingerprint density at radius 3 is 2.48 bits per heavy atom. The lowest BCUT2D eigenvalue weighted by Gasteiger charge is -2.60. The summed E-state index contributed by atoms with van der Waals surface area (Å²) in [6.07, 6.45) is 7.33. The minimum atomic E-state index is -0.242. The first-order valence-corrected chi connectivity index (χ1v) is 13.6. The number of carbonyl (C=O) groups is 1. The summed E-state index contributed by atoms with van der Waals surface area (Å²) in [6.45, 7) is 1.82. The second-order valence-corrected chi connectivity index (χ2v) is 12.0. The van der Waals surface area contributed by atoms with Crippen LogP contribution in [0.5, 0.6) is 0 Å². The van der Waals surface area contributed by atoms with Crippen molar-refractivity contribution in [3.05, 3.63) is 35.6 Å². The average molecular weight is 491 g/mol. The first kappa shape index (κ1) is 23.1. The third-order valence-electron chi connectivity index (χ3n) is 7.44. The highest BCUT2D eigenvalue weighted by Crippen LogP contribution is 2.58. The van der Waals surface area contributed by atoms with Gasteiger partial charge in [0.25, 0.3) is 0 Å². The van der Waals surface area contributed by atoms with Crippen molar-refractivity contribution in [3.63, 3.8) is 0 Å². The highest BCUT2D eigenvalue weighted by atomic mass is 32.2. The molecule has 1 N–H and O–H groups in total. The molecule has 0 saturated heterocycles. The molecule has 6 rings (SSSR count). The number of carbonyl (C=O) groups excluding carboxylic acids is 1. The molecule has 0 radical (unpaired) electrons. The van der Waals surface area contributed by atoms with E-state index in [1.807, 2.05) is 12.1 Å². The molecule has 4 aliphatic rings. The molecule has 4 bridgehead atoms. The van der Waals surface area contributed by atoms with E-state index in [1.165, 1.54) is 54.5 Å². The van der Waals surface area contributed by atoms with Crippen LogP contribution < -0.4 is 5.32 Å². The minimum Gasteiger partial charge on any atom is -0.383 e. The Morgan fingerprint density at radius 1 is 1.18 bits per heavy atom. The Bertz CT molecular complexity index is 932. The Kier molecular flexibility index (Phi) is 6.90. The fraction of sp³-hybridized carbons (Fsp3) is 0.625. The maximum Gasteiger partial charge on any atom is 0.233 e. The van der Waals surface area contributed by atoms with Gasteiger partial charge in [-0.2, -0.15) is 0 Å². The van der Waals surface area contributed by atoms with Crippen molar-refractivity contribution >= 4 is 34.1 Å². The van der Waals surface area contributed by atoms with Crippen molar-refractivity contribution < 1.29 is 13.9 Å². The summed E-state index contributed by atoms with van der Waals surface area (Å²) in [5.41, 5.74) is 0.945. The Balaban J connectivity index is 1.30. The van der Waals surface area contributed by atoms with E-state index in [0.29, 0.717) is 25.4 Å².